The van der Waals surface area contributed by atoms with Gasteiger partial charge in [0, 0.05) is 16.0 Å². The van der Waals surface area contributed by atoms with Gasteiger partial charge in [0.2, 0.25) is 11.2 Å². The molecule has 0 fully saturated rings. The molecule has 214 valence electrons. The number of halogens is 1. The molecule has 1 atom stereocenters. The Kier molecular flexibility index (Phi) is 8.37. The van der Waals surface area contributed by atoms with Crippen molar-refractivity contribution in [3.63, 3.8) is 0 Å². The summed E-state index contributed by atoms with van der Waals surface area (Å²) in [7, 11) is 0. The fraction of sp³-hybridized carbons (Fsp3) is 0.323. The summed E-state index contributed by atoms with van der Waals surface area (Å²) in [5, 5.41) is 4.27. The fourth-order valence-corrected chi connectivity index (χ4v) is 6.44. The largest absolute Gasteiger partial charge is 0.484 e. The van der Waals surface area contributed by atoms with Crippen LogP contribution in [0.1, 0.15) is 52.2 Å². The summed E-state index contributed by atoms with van der Waals surface area (Å²) in [6.45, 7) is 7.61. The Morgan fingerprint density at radius 3 is 2.63 bits per heavy atom. The Bertz CT molecular complexity index is 1680. The molecule has 1 aliphatic carbocycles. The average Bonchev–Trinajstić information content (AvgIpc) is 3.28. The first-order chi connectivity index (χ1) is 19.6. The van der Waals surface area contributed by atoms with E-state index < -0.39 is 11.9 Å². The number of carbonyl (C=O) groups excluding carboxylic acids is 2. The molecule has 0 spiro atoms. The minimum Gasteiger partial charge on any atom is -0.484 e. The molecule has 5 rings (SSSR count). The van der Waals surface area contributed by atoms with E-state index >= 15 is 0 Å². The van der Waals surface area contributed by atoms with Crippen molar-refractivity contribution < 1.29 is 28.2 Å². The van der Waals surface area contributed by atoms with E-state index in [1.54, 1.807) is 37.3 Å². The van der Waals surface area contributed by atoms with Crippen LogP contribution in [0, 0.1) is 19.8 Å². The summed E-state index contributed by atoms with van der Waals surface area (Å²) in [5.41, 5.74) is 3.03. The van der Waals surface area contributed by atoms with Crippen LogP contribution < -0.4 is 20.2 Å². The molecule has 2 aromatic carbocycles. The highest BCUT2D eigenvalue weighted by Gasteiger charge is 2.29. The summed E-state index contributed by atoms with van der Waals surface area (Å²) in [6, 6.07) is 8.19. The van der Waals surface area contributed by atoms with Crippen molar-refractivity contribution in [3.05, 3.63) is 79.0 Å². The number of amides is 1. The number of esters is 1. The zero-order valence-corrected chi connectivity index (χ0v) is 24.8. The number of carbonyl (C=O) groups is 2. The Morgan fingerprint density at radius 1 is 1.15 bits per heavy atom. The zero-order valence-electron chi connectivity index (χ0n) is 23.2. The smallest absolute Gasteiger partial charge is 0.341 e. The van der Waals surface area contributed by atoms with Gasteiger partial charge in [-0.1, -0.05) is 18.5 Å². The van der Waals surface area contributed by atoms with Gasteiger partial charge in [-0.05, 0) is 86.9 Å². The van der Waals surface area contributed by atoms with Gasteiger partial charge in [0.1, 0.15) is 28.3 Å². The number of anilines is 1. The van der Waals surface area contributed by atoms with Crippen molar-refractivity contribution in [1.29, 1.82) is 0 Å². The first kappa shape index (κ1) is 28.7. The van der Waals surface area contributed by atoms with Crippen LogP contribution in [0.25, 0.3) is 11.0 Å². The van der Waals surface area contributed by atoms with E-state index in [1.165, 1.54) is 17.6 Å². The maximum atomic E-state index is 13.0. The minimum atomic E-state index is -0.426. The fourth-order valence-electron chi connectivity index (χ4n) is 4.91. The average molecular weight is 596 g/mol. The molecule has 0 saturated carbocycles. The van der Waals surface area contributed by atoms with Gasteiger partial charge in [-0.3, -0.25) is 9.59 Å². The van der Waals surface area contributed by atoms with Crippen LogP contribution in [0.4, 0.5) is 5.00 Å². The topological polar surface area (TPSA) is 104 Å². The van der Waals surface area contributed by atoms with Gasteiger partial charge in [-0.2, -0.15) is 0 Å². The van der Waals surface area contributed by atoms with Crippen molar-refractivity contribution in [1.82, 2.24) is 0 Å². The number of benzene rings is 2. The number of hydrogen-bond donors (Lipinski definition) is 1. The number of thiophene rings is 1. The second-order valence-corrected chi connectivity index (χ2v) is 11.7. The van der Waals surface area contributed by atoms with Gasteiger partial charge in [-0.25, -0.2) is 4.79 Å². The number of aryl methyl sites for hydroxylation is 2. The lowest BCUT2D eigenvalue weighted by atomic mass is 9.88. The third kappa shape index (κ3) is 6.11. The molecule has 41 heavy (non-hydrogen) atoms. The van der Waals surface area contributed by atoms with Crippen LogP contribution in [0.15, 0.2) is 45.8 Å². The van der Waals surface area contributed by atoms with Crippen LogP contribution in [0.3, 0.4) is 0 Å². The number of fused-ring (bicyclic) bond motifs is 2. The molecule has 0 bridgehead atoms. The number of rotatable bonds is 8. The van der Waals surface area contributed by atoms with E-state index in [4.69, 9.17) is 30.2 Å². The van der Waals surface area contributed by atoms with E-state index in [1.807, 2.05) is 13.8 Å². The number of ether oxygens (including phenoxy) is 3. The van der Waals surface area contributed by atoms with E-state index in [0.29, 0.717) is 38.4 Å². The van der Waals surface area contributed by atoms with E-state index in [9.17, 15) is 14.4 Å². The van der Waals surface area contributed by atoms with Crippen molar-refractivity contribution in [2.45, 2.75) is 47.0 Å². The summed E-state index contributed by atoms with van der Waals surface area (Å²) >= 11 is 7.65. The molecule has 1 amide bonds. The van der Waals surface area contributed by atoms with Crippen molar-refractivity contribution in [2.75, 3.05) is 18.5 Å². The lowest BCUT2D eigenvalue weighted by molar-refractivity contribution is -0.118. The standard InChI is InChI=1S/C31H30ClNO7S/c1-5-37-31(36)27-22-8-6-16(2)10-25(22)41-30(27)33-26(34)15-38-19-7-9-21-23(13-19)39-14-24(29(21)35)40-20-11-17(3)28(32)18(4)12-20/h7,9,11-14,16H,5-6,8,10,15H2,1-4H3,(H,33,34). The lowest BCUT2D eigenvalue weighted by Crippen LogP contribution is -2.21. The first-order valence-corrected chi connectivity index (χ1v) is 14.6. The molecule has 0 radical (unpaired) electrons. The van der Waals surface area contributed by atoms with Crippen LogP contribution >= 0.6 is 22.9 Å². The highest BCUT2D eigenvalue weighted by Crippen LogP contribution is 2.40. The monoisotopic (exact) mass is 595 g/mol. The van der Waals surface area contributed by atoms with E-state index in [2.05, 4.69) is 12.2 Å². The lowest BCUT2D eigenvalue weighted by Gasteiger charge is -2.18. The quantitative estimate of drug-likeness (QED) is 0.214. The van der Waals surface area contributed by atoms with E-state index in [-0.39, 0.29) is 30.0 Å². The highest BCUT2D eigenvalue weighted by molar-refractivity contribution is 7.17. The van der Waals surface area contributed by atoms with E-state index in [0.717, 1.165) is 40.8 Å². The minimum absolute atomic E-state index is 0.0390. The van der Waals surface area contributed by atoms with Gasteiger partial charge in [0.25, 0.3) is 5.91 Å². The third-order valence-corrected chi connectivity index (χ3v) is 8.73. The third-order valence-electron chi connectivity index (χ3n) is 6.97. The molecule has 1 unspecified atom stereocenters. The summed E-state index contributed by atoms with van der Waals surface area (Å²) in [5.74, 6) is 0.542. The summed E-state index contributed by atoms with van der Waals surface area (Å²) < 4.78 is 22.4. The Hall–Kier alpha value is -3.82. The SMILES string of the molecule is CCOC(=O)c1c(NC(=O)COc2ccc3c(=O)c(Oc4cc(C)c(Cl)c(C)c4)coc3c2)sc2c1CCC(C)C2. The van der Waals surface area contributed by atoms with Gasteiger partial charge < -0.3 is 23.9 Å². The summed E-state index contributed by atoms with van der Waals surface area (Å²) in [4.78, 5) is 39.7. The molecule has 8 nitrogen and oxygen atoms in total. The normalized spacial score (nSPS) is 14.4. The number of hydrogen-bond acceptors (Lipinski definition) is 8. The van der Waals surface area contributed by atoms with Crippen molar-refractivity contribution in [2.24, 2.45) is 5.92 Å². The molecule has 1 N–H and O–H groups in total. The molecular weight excluding hydrogens is 566 g/mol. The maximum absolute atomic E-state index is 13.0. The molecule has 10 heteroatoms. The van der Waals surface area contributed by atoms with Crippen molar-refractivity contribution >= 4 is 50.8 Å². The van der Waals surface area contributed by atoms with Crippen molar-refractivity contribution in [3.8, 4) is 17.2 Å². The van der Waals surface area contributed by atoms with Gasteiger partial charge in [0.05, 0.1) is 17.6 Å². The molecule has 2 heterocycles. The summed E-state index contributed by atoms with van der Waals surface area (Å²) in [6.07, 6.45) is 3.88. The molecule has 4 aromatic rings. The molecule has 1 aliphatic rings. The van der Waals surface area contributed by atoms with Gasteiger partial charge >= 0.3 is 5.97 Å². The van der Waals surface area contributed by atoms with Crippen LogP contribution in [-0.4, -0.2) is 25.1 Å². The Morgan fingerprint density at radius 2 is 1.90 bits per heavy atom. The van der Waals surface area contributed by atoms with Crippen LogP contribution in [-0.2, 0) is 22.4 Å². The van der Waals surface area contributed by atoms with Gasteiger partial charge in [-0.15, -0.1) is 11.3 Å². The predicted molar refractivity (Wildman–Crippen MR) is 159 cm³/mol. The molecule has 2 aromatic heterocycles. The van der Waals surface area contributed by atoms with Gasteiger partial charge in [0.15, 0.2) is 6.61 Å². The highest BCUT2D eigenvalue weighted by atomic mass is 35.5. The van der Waals surface area contributed by atoms with Crippen LogP contribution in [0.5, 0.6) is 17.2 Å². The Labute approximate surface area is 246 Å². The maximum Gasteiger partial charge on any atom is 0.341 e. The first-order valence-electron chi connectivity index (χ1n) is 13.4. The second kappa shape index (κ2) is 12.0. The Balaban J connectivity index is 1.29. The predicted octanol–water partition coefficient (Wildman–Crippen LogP) is 7.24. The second-order valence-electron chi connectivity index (χ2n) is 10.2. The molecule has 0 saturated heterocycles. The molecule has 0 aliphatic heterocycles. The van der Waals surface area contributed by atoms with Crippen LogP contribution in [0.2, 0.25) is 5.02 Å². The number of nitrogens with one attached hydrogen (secondary N) is 1. The zero-order chi connectivity index (χ0) is 29.3. The molecular formula is C31H30ClNO7S.